The zero-order chi connectivity index (χ0) is 43.3. The van der Waals surface area contributed by atoms with Gasteiger partial charge in [0.1, 0.15) is 30.3 Å². The number of hydrogen-bond acceptors (Lipinski definition) is 8. The van der Waals surface area contributed by atoms with Gasteiger partial charge in [0.15, 0.2) is 0 Å². The third kappa shape index (κ3) is 8.17. The summed E-state index contributed by atoms with van der Waals surface area (Å²) in [6, 6.07) is 19.3. The van der Waals surface area contributed by atoms with Gasteiger partial charge in [0.25, 0.3) is 0 Å². The van der Waals surface area contributed by atoms with Gasteiger partial charge in [-0.2, -0.15) is 0 Å². The van der Waals surface area contributed by atoms with Crippen molar-refractivity contribution in [2.24, 2.45) is 17.8 Å². The minimum atomic E-state index is -1.45. The predicted molar refractivity (Wildman–Crippen MR) is 237 cm³/mol. The molecule has 3 aliphatic heterocycles. The van der Waals surface area contributed by atoms with Gasteiger partial charge in [-0.1, -0.05) is 89.3 Å². The smallest absolute Gasteiger partial charge is 0.407 e. The number of carbonyl (C=O) groups is 4. The third-order valence-corrected chi connectivity index (χ3v) is 16.3. The number of nitrogens with zero attached hydrogens (tertiary/aromatic N) is 4. The number of nitrogens with one attached hydrogen (secondary N) is 4. The van der Waals surface area contributed by atoms with Crippen LogP contribution in [0.3, 0.4) is 0 Å². The number of benzene rings is 3. The van der Waals surface area contributed by atoms with Crippen molar-refractivity contribution in [3.05, 3.63) is 72.4 Å². The minimum absolute atomic E-state index is 0.0776. The number of methoxy groups -OCH3 is 1. The molecule has 322 valence electrons. The second kappa shape index (κ2) is 16.7. The van der Waals surface area contributed by atoms with Crippen LogP contribution in [0.25, 0.3) is 44.2 Å². The van der Waals surface area contributed by atoms with Crippen molar-refractivity contribution in [3.8, 4) is 22.4 Å². The average molecular weight is 847 g/mol. The van der Waals surface area contributed by atoms with Crippen molar-refractivity contribution < 1.29 is 29.0 Å². The van der Waals surface area contributed by atoms with Gasteiger partial charge in [0, 0.05) is 26.0 Å². The molecule has 5 N–H and O–H groups in total. The number of aromatic nitrogens is 4. The summed E-state index contributed by atoms with van der Waals surface area (Å²) in [7, 11) is -0.136. The molecule has 0 radical (unpaired) electrons. The molecule has 6 atom stereocenters. The summed E-state index contributed by atoms with van der Waals surface area (Å²) in [5, 5.41) is 16.9. The molecule has 4 amide bonds. The first-order valence-corrected chi connectivity index (χ1v) is 25.0. The highest BCUT2D eigenvalue weighted by molar-refractivity contribution is 6.78. The van der Waals surface area contributed by atoms with Crippen molar-refractivity contribution in [3.63, 3.8) is 0 Å². The molecule has 5 heterocycles. The first-order valence-electron chi connectivity index (χ1n) is 21.6. The van der Waals surface area contributed by atoms with E-state index in [1.54, 1.807) is 4.90 Å². The SMILES string of the molecule is COC(=O)N[C@H](C(=O)N1C2C[Si](C)(C)CC2C[C@H]1c1ncc(-c2ccc(-c3ccc4c(ccc5[nH]c([C@@H]6CCCN6C(=O)[C@@H](NC(=O)CO)C(C)C)nc54)c3)cc2)[nH]1)C(C)C. The number of alkyl carbamates (subject to hydrolysis) is 1. The zero-order valence-electron chi connectivity index (χ0n) is 36.1. The molecule has 0 saturated carbocycles. The normalized spacial score (nSPS) is 21.9. The van der Waals surface area contributed by atoms with Crippen molar-refractivity contribution in [1.82, 2.24) is 40.4 Å². The first kappa shape index (κ1) is 42.2. The minimum Gasteiger partial charge on any atom is -0.453 e. The standard InChI is InChI=1S/C46H58N8O6Si/c1-25(2)39(50-38(56)22-55)44(57)53-18-8-9-35(53)43-48-33-17-15-30-19-29(14-16-32(30)41(33)51-43)27-10-12-28(13-11-27)34-21-47-42(49-34)36-20-31-23-61(6,7)24-37(31)54(36)45(58)40(26(3)4)52-46(59)60-5/h10-17,19,21,25-26,31,35-37,39-40,55H,8-9,18,20,22-24H2,1-7H3,(H,47,49)(H,48,51)(H,50,56)(H,52,59)/t31?,35-,36-,37?,39-,40-/m0/s1. The Hall–Kier alpha value is -5.54. The van der Waals surface area contributed by atoms with E-state index in [1.165, 1.54) is 13.2 Å². The molecule has 3 saturated heterocycles. The van der Waals surface area contributed by atoms with E-state index in [1.807, 2.05) is 44.9 Å². The Balaban J connectivity index is 1.01. The lowest BCUT2D eigenvalue weighted by molar-refractivity contribution is -0.139. The molecule has 8 rings (SSSR count). The van der Waals surface area contributed by atoms with E-state index in [-0.39, 0.29) is 41.8 Å². The van der Waals surface area contributed by atoms with Crippen LogP contribution in [0.15, 0.2) is 60.8 Å². The van der Waals surface area contributed by atoms with E-state index in [0.717, 1.165) is 81.1 Å². The molecule has 2 aromatic heterocycles. The number of fused-ring (bicyclic) bond motifs is 4. The first-order chi connectivity index (χ1) is 29.2. The molecule has 0 bridgehead atoms. The van der Waals surface area contributed by atoms with Gasteiger partial charge in [-0.15, -0.1) is 0 Å². The highest BCUT2D eigenvalue weighted by Gasteiger charge is 2.54. The molecule has 3 aliphatic rings. The summed E-state index contributed by atoms with van der Waals surface area (Å²) < 4.78 is 4.89. The molecule has 14 nitrogen and oxygen atoms in total. The van der Waals surface area contributed by atoms with Crippen molar-refractivity contribution in [2.75, 3.05) is 20.3 Å². The van der Waals surface area contributed by atoms with E-state index in [2.05, 4.69) is 82.2 Å². The van der Waals surface area contributed by atoms with Gasteiger partial charge >= 0.3 is 6.09 Å². The van der Waals surface area contributed by atoms with Crippen LogP contribution in [0, 0.1) is 17.8 Å². The average Bonchev–Trinajstić information content (AvgIpc) is 4.09. The van der Waals surface area contributed by atoms with Crippen LogP contribution in [0.1, 0.15) is 70.7 Å². The van der Waals surface area contributed by atoms with E-state index >= 15 is 0 Å². The topological polar surface area (TPSA) is 186 Å². The van der Waals surface area contributed by atoms with E-state index in [4.69, 9.17) is 14.7 Å². The molecular formula is C46H58N8O6Si. The summed E-state index contributed by atoms with van der Waals surface area (Å²) in [6.45, 7) is 12.4. The van der Waals surface area contributed by atoms with Crippen LogP contribution in [-0.4, -0.2) is 105 Å². The van der Waals surface area contributed by atoms with Crippen LogP contribution in [0.2, 0.25) is 25.2 Å². The Morgan fingerprint density at radius 3 is 2.28 bits per heavy atom. The lowest BCUT2D eigenvalue weighted by atomic mass is 9.99. The maximum absolute atomic E-state index is 14.3. The van der Waals surface area contributed by atoms with Gasteiger partial charge < -0.3 is 40.2 Å². The number of aliphatic hydroxyl groups excluding tert-OH is 1. The van der Waals surface area contributed by atoms with E-state index < -0.39 is 38.8 Å². The molecular weight excluding hydrogens is 789 g/mol. The van der Waals surface area contributed by atoms with Gasteiger partial charge in [0.2, 0.25) is 17.7 Å². The Morgan fingerprint density at radius 1 is 0.869 bits per heavy atom. The summed E-state index contributed by atoms with van der Waals surface area (Å²) in [6.07, 6.45) is 3.68. The van der Waals surface area contributed by atoms with Crippen LogP contribution in [-0.2, 0) is 19.1 Å². The zero-order valence-corrected chi connectivity index (χ0v) is 37.1. The van der Waals surface area contributed by atoms with Crippen molar-refractivity contribution >= 4 is 53.7 Å². The summed E-state index contributed by atoms with van der Waals surface area (Å²) in [5.41, 5.74) is 5.72. The summed E-state index contributed by atoms with van der Waals surface area (Å²) >= 11 is 0. The number of likely N-dealkylation sites (tertiary alicyclic amines) is 2. The number of H-pyrrole nitrogens is 2. The van der Waals surface area contributed by atoms with Crippen molar-refractivity contribution in [1.29, 1.82) is 0 Å². The second-order valence-corrected chi connectivity index (χ2v) is 23.8. The quantitative estimate of drug-likeness (QED) is 0.0886. The van der Waals surface area contributed by atoms with Crippen molar-refractivity contribution in [2.45, 2.75) is 102 Å². The van der Waals surface area contributed by atoms with Crippen LogP contribution in [0.4, 0.5) is 4.79 Å². The van der Waals surface area contributed by atoms with Crippen LogP contribution < -0.4 is 10.6 Å². The maximum Gasteiger partial charge on any atom is 0.407 e. The monoisotopic (exact) mass is 846 g/mol. The third-order valence-electron chi connectivity index (χ3n) is 13.2. The Morgan fingerprint density at radius 2 is 1.57 bits per heavy atom. The molecule has 0 aliphatic carbocycles. The lowest BCUT2D eigenvalue weighted by Gasteiger charge is -2.34. The van der Waals surface area contributed by atoms with Crippen LogP contribution >= 0.6 is 0 Å². The Kier molecular flexibility index (Phi) is 11.6. The Bertz CT molecular complexity index is 2460. The fraction of sp³-hybridized carbons (Fsp3) is 0.478. The number of amides is 4. The van der Waals surface area contributed by atoms with E-state index in [0.29, 0.717) is 12.5 Å². The molecule has 0 spiro atoms. The molecule has 5 aromatic rings. The fourth-order valence-corrected chi connectivity index (χ4v) is 13.8. The number of aromatic amines is 2. The van der Waals surface area contributed by atoms with Gasteiger partial charge in [0.05, 0.1) is 42.1 Å². The molecule has 15 heteroatoms. The number of rotatable bonds is 11. The maximum atomic E-state index is 14.3. The molecule has 2 unspecified atom stereocenters. The summed E-state index contributed by atoms with van der Waals surface area (Å²) in [5.74, 6) is 0.833. The van der Waals surface area contributed by atoms with Gasteiger partial charge in [-0.25, -0.2) is 14.8 Å². The van der Waals surface area contributed by atoms with Crippen LogP contribution in [0.5, 0.6) is 0 Å². The number of ether oxygens (including phenoxy) is 1. The highest BCUT2D eigenvalue weighted by atomic mass is 28.3. The number of carbonyl (C=O) groups excluding carboxylic acids is 4. The largest absolute Gasteiger partial charge is 0.453 e. The number of imidazole rings is 2. The number of aliphatic hydroxyl groups is 1. The fourth-order valence-electron chi connectivity index (χ4n) is 10.2. The number of hydrogen-bond donors (Lipinski definition) is 5. The molecule has 3 aromatic carbocycles. The lowest BCUT2D eigenvalue weighted by Crippen LogP contribution is -2.53. The summed E-state index contributed by atoms with van der Waals surface area (Å²) in [4.78, 5) is 73.2. The molecule has 61 heavy (non-hydrogen) atoms. The molecule has 3 fully saturated rings. The Labute approximate surface area is 357 Å². The predicted octanol–water partition coefficient (Wildman–Crippen LogP) is 6.93. The van der Waals surface area contributed by atoms with Gasteiger partial charge in [-0.05, 0) is 77.3 Å². The van der Waals surface area contributed by atoms with Gasteiger partial charge in [-0.3, -0.25) is 14.4 Å². The second-order valence-electron chi connectivity index (χ2n) is 18.7. The van der Waals surface area contributed by atoms with E-state index in [9.17, 15) is 24.3 Å². The highest BCUT2D eigenvalue weighted by Crippen LogP contribution is 2.51.